The first-order valence-corrected chi connectivity index (χ1v) is 35.2. The summed E-state index contributed by atoms with van der Waals surface area (Å²) < 4.78 is 17.0. The summed E-state index contributed by atoms with van der Waals surface area (Å²) in [6.45, 7) is 13.9. The van der Waals surface area contributed by atoms with Gasteiger partial charge in [-0.25, -0.2) is 0 Å². The van der Waals surface area contributed by atoms with E-state index in [0.29, 0.717) is 19.3 Å². The van der Waals surface area contributed by atoms with Gasteiger partial charge in [0.05, 0.1) is 0 Å². The van der Waals surface area contributed by atoms with Gasteiger partial charge >= 0.3 is 17.9 Å². The lowest BCUT2D eigenvalue weighted by Gasteiger charge is -2.18. The zero-order valence-corrected chi connectivity index (χ0v) is 53.3. The maximum absolute atomic E-state index is 13.0. The molecule has 0 aromatic heterocycles. The first kappa shape index (κ1) is 75.4. The van der Waals surface area contributed by atoms with Gasteiger partial charge in [0.25, 0.3) is 0 Å². The summed E-state index contributed by atoms with van der Waals surface area (Å²) in [6, 6.07) is 0. The van der Waals surface area contributed by atoms with Crippen LogP contribution in [-0.4, -0.2) is 37.2 Å². The molecule has 2 unspecified atom stereocenters. The van der Waals surface area contributed by atoms with Crippen molar-refractivity contribution >= 4 is 17.9 Å². The van der Waals surface area contributed by atoms with E-state index in [2.05, 4.69) is 41.5 Å². The van der Waals surface area contributed by atoms with Crippen LogP contribution < -0.4 is 0 Å². The predicted molar refractivity (Wildman–Crippen MR) is 335 cm³/mol. The van der Waals surface area contributed by atoms with Crippen LogP contribution in [0.2, 0.25) is 0 Å². The first-order chi connectivity index (χ1) is 37.7. The zero-order valence-electron chi connectivity index (χ0n) is 53.3. The Morgan fingerprint density at radius 3 is 0.675 bits per heavy atom. The molecule has 458 valence electrons. The number of rotatable bonds is 64. The quantitative estimate of drug-likeness (QED) is 0.0343. The molecule has 0 heterocycles. The second-order valence-electron chi connectivity index (χ2n) is 25.5. The van der Waals surface area contributed by atoms with Crippen LogP contribution in [0.3, 0.4) is 0 Å². The number of ether oxygens (including phenoxy) is 3. The number of carbonyl (C=O) groups is 3. The normalized spacial score (nSPS) is 12.8. The summed E-state index contributed by atoms with van der Waals surface area (Å²) >= 11 is 0. The highest BCUT2D eigenvalue weighted by Crippen LogP contribution is 2.20. The van der Waals surface area contributed by atoms with Crippen molar-refractivity contribution in [1.29, 1.82) is 0 Å². The topological polar surface area (TPSA) is 78.9 Å². The Bertz CT molecular complexity index is 1200. The molecular weight excluding hydrogens is 949 g/mol. The minimum atomic E-state index is -0.765. The van der Waals surface area contributed by atoms with Gasteiger partial charge in [-0.05, 0) is 37.0 Å². The van der Waals surface area contributed by atoms with Gasteiger partial charge in [-0.1, -0.05) is 363 Å². The molecule has 6 nitrogen and oxygen atoms in total. The summed E-state index contributed by atoms with van der Waals surface area (Å²) in [6.07, 6.45) is 69.6. The van der Waals surface area contributed by atoms with Crippen molar-refractivity contribution in [2.24, 2.45) is 17.8 Å². The van der Waals surface area contributed by atoms with Crippen molar-refractivity contribution in [3.8, 4) is 0 Å². The van der Waals surface area contributed by atoms with Gasteiger partial charge in [0.1, 0.15) is 13.2 Å². The summed E-state index contributed by atoms with van der Waals surface area (Å²) in [7, 11) is 0. The third kappa shape index (κ3) is 61.9. The monoisotopic (exact) mass is 1090 g/mol. The van der Waals surface area contributed by atoms with Crippen molar-refractivity contribution in [3.63, 3.8) is 0 Å². The molecule has 0 aliphatic rings. The van der Waals surface area contributed by atoms with Crippen molar-refractivity contribution in [2.45, 2.75) is 407 Å². The van der Waals surface area contributed by atoms with E-state index in [1.54, 1.807) is 0 Å². The Morgan fingerprint density at radius 2 is 0.455 bits per heavy atom. The molecule has 0 bridgehead atoms. The molecule has 0 aromatic rings. The molecule has 0 saturated heterocycles. The second kappa shape index (κ2) is 62.0. The number of hydrogen-bond acceptors (Lipinski definition) is 6. The van der Waals surface area contributed by atoms with E-state index < -0.39 is 6.10 Å². The highest BCUT2D eigenvalue weighted by Gasteiger charge is 2.20. The van der Waals surface area contributed by atoms with Crippen molar-refractivity contribution in [1.82, 2.24) is 0 Å². The first-order valence-electron chi connectivity index (χ1n) is 35.2. The van der Waals surface area contributed by atoms with Crippen molar-refractivity contribution < 1.29 is 28.6 Å². The molecule has 6 heteroatoms. The molecular formula is C71H138O6. The van der Waals surface area contributed by atoms with Gasteiger partial charge in [0, 0.05) is 19.3 Å². The molecule has 0 fully saturated rings. The van der Waals surface area contributed by atoms with Gasteiger partial charge in [0.2, 0.25) is 0 Å². The Balaban J connectivity index is 4.28. The van der Waals surface area contributed by atoms with Gasteiger partial charge in [-0.15, -0.1) is 0 Å². The average molecular weight is 1090 g/mol. The summed E-state index contributed by atoms with van der Waals surface area (Å²) in [5.41, 5.74) is 0. The van der Waals surface area contributed by atoms with Crippen molar-refractivity contribution in [3.05, 3.63) is 0 Å². The minimum absolute atomic E-state index is 0.0618. The Hall–Kier alpha value is -1.59. The van der Waals surface area contributed by atoms with Crippen LogP contribution in [0, 0.1) is 17.8 Å². The third-order valence-electron chi connectivity index (χ3n) is 17.1. The Morgan fingerprint density at radius 1 is 0.260 bits per heavy atom. The van der Waals surface area contributed by atoms with E-state index in [-0.39, 0.29) is 31.1 Å². The van der Waals surface area contributed by atoms with Crippen LogP contribution in [0.1, 0.15) is 401 Å². The Labute approximate surface area is 482 Å². The molecule has 77 heavy (non-hydrogen) atoms. The van der Waals surface area contributed by atoms with Gasteiger partial charge in [-0.3, -0.25) is 14.4 Å². The number of unbranched alkanes of at least 4 members (excludes halogenated alkanes) is 45. The van der Waals surface area contributed by atoms with Gasteiger partial charge in [0.15, 0.2) is 6.10 Å². The second-order valence-corrected chi connectivity index (χ2v) is 25.5. The van der Waals surface area contributed by atoms with E-state index in [0.717, 1.165) is 75.5 Å². The van der Waals surface area contributed by atoms with Gasteiger partial charge < -0.3 is 14.2 Å². The highest BCUT2D eigenvalue weighted by atomic mass is 16.6. The molecule has 0 aliphatic carbocycles. The molecule has 0 aliphatic heterocycles. The smallest absolute Gasteiger partial charge is 0.306 e. The van der Waals surface area contributed by atoms with E-state index >= 15 is 0 Å². The summed E-state index contributed by atoms with van der Waals surface area (Å²) in [5, 5.41) is 0. The highest BCUT2D eigenvalue weighted by molar-refractivity contribution is 5.71. The third-order valence-corrected chi connectivity index (χ3v) is 17.1. The van der Waals surface area contributed by atoms with Crippen LogP contribution in [0.4, 0.5) is 0 Å². The van der Waals surface area contributed by atoms with E-state index in [4.69, 9.17) is 14.2 Å². The summed E-state index contributed by atoms with van der Waals surface area (Å²) in [4.78, 5) is 38.5. The SMILES string of the molecule is CCC(C)CCCCCCCCCCCCCCCCCCCCC(=O)OC[C@@H](COC(=O)CCCCCCCCCCCCCCCCC(C)CC)OC(=O)CCCCCCCCCCCCCCCCCCC(C)C. The number of hydrogen-bond donors (Lipinski definition) is 0. The fraction of sp³-hybridized carbons (Fsp3) is 0.958. The molecule has 0 rings (SSSR count). The molecule has 0 amide bonds. The van der Waals surface area contributed by atoms with E-state index in [1.165, 1.54) is 283 Å². The van der Waals surface area contributed by atoms with Crippen LogP contribution >= 0.6 is 0 Å². The fourth-order valence-electron chi connectivity index (χ4n) is 11.1. The predicted octanol–water partition coefficient (Wildman–Crippen LogP) is 23.8. The largest absolute Gasteiger partial charge is 0.462 e. The number of carbonyl (C=O) groups excluding carboxylic acids is 3. The van der Waals surface area contributed by atoms with Crippen LogP contribution in [-0.2, 0) is 28.6 Å². The molecule has 3 atom stereocenters. The fourth-order valence-corrected chi connectivity index (χ4v) is 11.1. The minimum Gasteiger partial charge on any atom is -0.462 e. The van der Waals surface area contributed by atoms with Crippen LogP contribution in [0.5, 0.6) is 0 Å². The molecule has 0 radical (unpaired) electrons. The lowest BCUT2D eigenvalue weighted by Crippen LogP contribution is -2.30. The lowest BCUT2D eigenvalue weighted by molar-refractivity contribution is -0.167. The maximum Gasteiger partial charge on any atom is 0.306 e. The lowest BCUT2D eigenvalue weighted by atomic mass is 9.99. The van der Waals surface area contributed by atoms with Crippen molar-refractivity contribution in [2.75, 3.05) is 13.2 Å². The molecule has 0 N–H and O–H groups in total. The molecule has 0 spiro atoms. The van der Waals surface area contributed by atoms with Crippen LogP contribution in [0.15, 0.2) is 0 Å². The molecule has 0 saturated carbocycles. The van der Waals surface area contributed by atoms with E-state index in [1.807, 2.05) is 0 Å². The standard InChI is InChI=1S/C71H138O6/c1-7-66(5)58-52-46-40-34-28-22-16-11-9-10-12-17-24-30-36-42-48-54-60-69(72)75-63-68(64-76-70(73)61-55-49-43-37-31-25-20-19-23-29-35-41-47-53-59-67(6)8-2)77-71(74)62-56-50-44-38-32-26-18-14-13-15-21-27-33-39-45-51-57-65(3)4/h65-68H,7-64H2,1-6H3/t66?,67?,68-/m0/s1. The maximum atomic E-state index is 13.0. The Kier molecular flexibility index (Phi) is 60.7. The summed E-state index contributed by atoms with van der Waals surface area (Å²) in [5.74, 6) is 1.83. The van der Waals surface area contributed by atoms with Crippen LogP contribution in [0.25, 0.3) is 0 Å². The molecule has 0 aromatic carbocycles. The zero-order chi connectivity index (χ0) is 56.2. The average Bonchev–Trinajstić information content (AvgIpc) is 3.42. The van der Waals surface area contributed by atoms with E-state index in [9.17, 15) is 14.4 Å². The van der Waals surface area contributed by atoms with Gasteiger partial charge in [-0.2, -0.15) is 0 Å². The number of esters is 3.